The molecule has 0 aliphatic carbocycles. The number of aliphatic carboxylic acids is 1. The van der Waals surface area contributed by atoms with Crippen LogP contribution in [0.5, 0.6) is 0 Å². The second kappa shape index (κ2) is 11.6. The Morgan fingerprint density at radius 3 is 2.41 bits per heavy atom. The first kappa shape index (κ1) is 27.7. The lowest BCUT2D eigenvalue weighted by Gasteiger charge is -2.21. The highest BCUT2D eigenvalue weighted by molar-refractivity contribution is 7.89. The van der Waals surface area contributed by atoms with Crippen LogP contribution in [0.3, 0.4) is 0 Å². The van der Waals surface area contributed by atoms with Crippen molar-refractivity contribution < 1.29 is 31.5 Å². The Labute approximate surface area is 221 Å². The van der Waals surface area contributed by atoms with Gasteiger partial charge in [0.2, 0.25) is 10.0 Å². The monoisotopic (exact) mass is 560 g/mol. The number of hydrogen-bond donors (Lipinski definition) is 3. The van der Waals surface area contributed by atoms with Crippen molar-refractivity contribution in [3.05, 3.63) is 96.7 Å². The Balaban J connectivity index is 1.64. The first-order valence-electron chi connectivity index (χ1n) is 11.5. The van der Waals surface area contributed by atoms with Gasteiger partial charge in [0.25, 0.3) is 0 Å². The van der Waals surface area contributed by atoms with E-state index in [-0.39, 0.29) is 22.8 Å². The molecule has 0 radical (unpaired) electrons. The zero-order valence-corrected chi connectivity index (χ0v) is 21.0. The molecule has 3 N–H and O–H groups in total. The van der Waals surface area contributed by atoms with Gasteiger partial charge >= 0.3 is 12.1 Å². The molecule has 14 heteroatoms. The molecule has 1 aromatic carbocycles. The van der Waals surface area contributed by atoms with Gasteiger partial charge in [-0.15, -0.1) is 0 Å². The summed E-state index contributed by atoms with van der Waals surface area (Å²) in [6, 6.07) is 13.1. The van der Waals surface area contributed by atoms with Gasteiger partial charge in [0, 0.05) is 24.8 Å². The van der Waals surface area contributed by atoms with Gasteiger partial charge in [-0.2, -0.15) is 18.3 Å². The number of nitrogens with zero attached hydrogens (tertiary/aromatic N) is 4. The van der Waals surface area contributed by atoms with E-state index in [4.69, 9.17) is 0 Å². The number of carbonyl (C=O) groups is 1. The SMILES string of the molecule is O=C(O)C(CC(F)(F)F)Nc1cccc(C(Cc2ccc(-n3cccn3)cc2)NS(=O)(=O)c2cccnc2)n1. The maximum Gasteiger partial charge on any atom is 0.391 e. The number of rotatable bonds is 11. The third-order valence-electron chi connectivity index (χ3n) is 5.57. The number of nitrogens with one attached hydrogen (secondary N) is 2. The largest absolute Gasteiger partial charge is 0.480 e. The van der Waals surface area contributed by atoms with Crippen molar-refractivity contribution in [2.24, 2.45) is 0 Å². The Morgan fingerprint density at radius 1 is 1.03 bits per heavy atom. The number of pyridine rings is 2. The predicted octanol–water partition coefficient (Wildman–Crippen LogP) is 3.74. The van der Waals surface area contributed by atoms with Crippen LogP contribution in [-0.2, 0) is 21.2 Å². The molecule has 2 unspecified atom stereocenters. The molecular formula is C25H23F3N6O4S. The zero-order chi connectivity index (χ0) is 28.0. The van der Waals surface area contributed by atoms with Gasteiger partial charge in [0.15, 0.2) is 0 Å². The van der Waals surface area contributed by atoms with E-state index in [9.17, 15) is 31.5 Å². The summed E-state index contributed by atoms with van der Waals surface area (Å²) in [4.78, 5) is 19.4. The van der Waals surface area contributed by atoms with Gasteiger partial charge in [-0.3, -0.25) is 4.98 Å². The zero-order valence-electron chi connectivity index (χ0n) is 20.2. The highest BCUT2D eigenvalue weighted by Crippen LogP contribution is 2.25. The molecule has 0 saturated heterocycles. The van der Waals surface area contributed by atoms with Crippen LogP contribution in [0.2, 0.25) is 0 Å². The number of sulfonamides is 1. The number of carboxylic acid groups (broad SMARTS) is 1. The Kier molecular flexibility index (Phi) is 8.26. The average Bonchev–Trinajstić information content (AvgIpc) is 3.43. The summed E-state index contributed by atoms with van der Waals surface area (Å²) in [5.41, 5.74) is 1.68. The van der Waals surface area contributed by atoms with Crippen LogP contribution in [0, 0.1) is 0 Å². The maximum absolute atomic E-state index is 13.1. The van der Waals surface area contributed by atoms with Crippen molar-refractivity contribution in [1.82, 2.24) is 24.5 Å². The number of halogens is 3. The van der Waals surface area contributed by atoms with E-state index in [0.29, 0.717) is 0 Å². The van der Waals surface area contributed by atoms with Crippen LogP contribution in [0.25, 0.3) is 5.69 Å². The Morgan fingerprint density at radius 2 is 1.79 bits per heavy atom. The van der Waals surface area contributed by atoms with Crippen molar-refractivity contribution >= 4 is 21.8 Å². The number of anilines is 1. The fourth-order valence-corrected chi connectivity index (χ4v) is 4.92. The summed E-state index contributed by atoms with van der Waals surface area (Å²) >= 11 is 0. The van der Waals surface area contributed by atoms with Crippen LogP contribution >= 0.6 is 0 Å². The van der Waals surface area contributed by atoms with Gasteiger partial charge in [-0.1, -0.05) is 18.2 Å². The van der Waals surface area contributed by atoms with Crippen molar-refractivity contribution in [2.75, 3.05) is 5.32 Å². The molecule has 0 saturated carbocycles. The summed E-state index contributed by atoms with van der Waals surface area (Å²) in [6.45, 7) is 0. The fraction of sp³-hybridized carbons (Fsp3) is 0.200. The first-order valence-corrected chi connectivity index (χ1v) is 13.0. The lowest BCUT2D eigenvalue weighted by molar-refractivity contribution is -0.154. The molecule has 0 aliphatic rings. The lowest BCUT2D eigenvalue weighted by Crippen LogP contribution is -2.35. The van der Waals surface area contributed by atoms with Crippen LogP contribution in [-0.4, -0.2) is 51.5 Å². The minimum Gasteiger partial charge on any atom is -0.480 e. The quantitative estimate of drug-likeness (QED) is 0.252. The number of benzene rings is 1. The molecule has 3 aromatic heterocycles. The summed E-state index contributed by atoms with van der Waals surface area (Å²) < 4.78 is 69.1. The van der Waals surface area contributed by atoms with Gasteiger partial charge in [-0.25, -0.2) is 27.6 Å². The van der Waals surface area contributed by atoms with Gasteiger partial charge in [-0.05, 0) is 54.4 Å². The summed E-state index contributed by atoms with van der Waals surface area (Å²) in [6.07, 6.45) is -0.211. The number of aromatic nitrogens is 4. The smallest absolute Gasteiger partial charge is 0.391 e. The summed E-state index contributed by atoms with van der Waals surface area (Å²) in [7, 11) is -4.07. The third kappa shape index (κ3) is 7.61. The minimum absolute atomic E-state index is 0.0885. The van der Waals surface area contributed by atoms with E-state index in [1.165, 1.54) is 42.7 Å². The van der Waals surface area contributed by atoms with Crippen molar-refractivity contribution in [1.29, 1.82) is 0 Å². The fourth-order valence-electron chi connectivity index (χ4n) is 3.75. The predicted molar refractivity (Wildman–Crippen MR) is 135 cm³/mol. The molecule has 4 aromatic rings. The molecule has 0 fully saturated rings. The number of alkyl halides is 3. The molecule has 0 aliphatic heterocycles. The van der Waals surface area contributed by atoms with E-state index in [1.807, 2.05) is 0 Å². The summed E-state index contributed by atoms with van der Waals surface area (Å²) in [5, 5.41) is 15.7. The molecule has 0 bridgehead atoms. The van der Waals surface area contributed by atoms with Crippen molar-refractivity contribution in [3.8, 4) is 5.69 Å². The lowest BCUT2D eigenvalue weighted by atomic mass is 10.0. The van der Waals surface area contributed by atoms with Gasteiger partial charge in [0.1, 0.15) is 16.8 Å². The minimum atomic E-state index is -4.72. The molecule has 3 heterocycles. The molecular weight excluding hydrogens is 537 g/mol. The van der Waals surface area contributed by atoms with Gasteiger partial charge in [0.05, 0.1) is 23.8 Å². The van der Waals surface area contributed by atoms with Crippen LogP contribution in [0.4, 0.5) is 19.0 Å². The second-order valence-electron chi connectivity index (χ2n) is 8.49. The van der Waals surface area contributed by atoms with Crippen molar-refractivity contribution in [3.63, 3.8) is 0 Å². The van der Waals surface area contributed by atoms with E-state index in [0.717, 1.165) is 11.3 Å². The van der Waals surface area contributed by atoms with E-state index in [2.05, 4.69) is 25.1 Å². The second-order valence-corrected chi connectivity index (χ2v) is 10.2. The van der Waals surface area contributed by atoms with Crippen LogP contribution in [0.1, 0.15) is 23.7 Å². The third-order valence-corrected chi connectivity index (χ3v) is 7.03. The molecule has 4 rings (SSSR count). The van der Waals surface area contributed by atoms with E-state index < -0.39 is 40.7 Å². The standard InChI is InChI=1S/C25H23F3N6O4S/c26-25(27,28)15-22(24(35)36)32-23-6-1-5-20(31-23)21(33-39(37,38)19-4-2-11-29-16-19)14-17-7-9-18(10-8-17)34-13-3-12-30-34/h1-13,16,21-22,33H,14-15H2,(H,31,32)(H,35,36). The molecule has 10 nitrogen and oxygen atoms in total. The van der Waals surface area contributed by atoms with Crippen molar-refractivity contribution in [2.45, 2.75) is 36.0 Å². The van der Waals surface area contributed by atoms with E-state index >= 15 is 0 Å². The van der Waals surface area contributed by atoms with E-state index in [1.54, 1.807) is 47.4 Å². The van der Waals surface area contributed by atoms with Crippen LogP contribution < -0.4 is 10.0 Å². The Hall–Kier alpha value is -4.30. The molecule has 39 heavy (non-hydrogen) atoms. The van der Waals surface area contributed by atoms with Gasteiger partial charge < -0.3 is 10.4 Å². The maximum atomic E-state index is 13.1. The topological polar surface area (TPSA) is 139 Å². The normalized spacial score (nSPS) is 13.5. The average molecular weight is 561 g/mol. The van der Waals surface area contributed by atoms with Crippen LogP contribution in [0.15, 0.2) is 90.3 Å². The molecule has 0 spiro atoms. The molecule has 2 atom stereocenters. The highest BCUT2D eigenvalue weighted by Gasteiger charge is 2.35. The molecule has 204 valence electrons. The number of hydrogen-bond acceptors (Lipinski definition) is 7. The first-order chi connectivity index (χ1) is 18.5. The molecule has 0 amide bonds. The Bertz CT molecular complexity index is 1500. The highest BCUT2D eigenvalue weighted by atomic mass is 32.2. The summed E-state index contributed by atoms with van der Waals surface area (Å²) in [5.74, 6) is -1.85. The number of carboxylic acids is 1.